The maximum Gasteiger partial charge on any atom is 0.419 e. The van der Waals surface area contributed by atoms with E-state index in [9.17, 15) is 17.6 Å². The summed E-state index contributed by atoms with van der Waals surface area (Å²) in [6.07, 6.45) is -2.44. The molecule has 3 heterocycles. The Hall–Kier alpha value is -3.43. The average Bonchev–Trinajstić information content (AvgIpc) is 3.06. The second kappa shape index (κ2) is 9.44. The first kappa shape index (κ1) is 23.7. The summed E-state index contributed by atoms with van der Waals surface area (Å²) in [6, 6.07) is 9.05. The van der Waals surface area contributed by atoms with Crippen LogP contribution in [0.5, 0.6) is 0 Å². The van der Waals surface area contributed by atoms with Gasteiger partial charge < -0.3 is 14.7 Å². The quantitative estimate of drug-likeness (QED) is 0.507. The number of pyridine rings is 1. The lowest BCUT2D eigenvalue weighted by Gasteiger charge is -2.26. The van der Waals surface area contributed by atoms with Gasteiger partial charge in [-0.2, -0.15) is 18.2 Å². The van der Waals surface area contributed by atoms with E-state index in [-0.39, 0.29) is 11.6 Å². The molecule has 180 valence electrons. The summed E-state index contributed by atoms with van der Waals surface area (Å²) in [5, 5.41) is 0. The van der Waals surface area contributed by atoms with Crippen molar-refractivity contribution in [2.45, 2.75) is 19.5 Å². The van der Waals surface area contributed by atoms with Gasteiger partial charge in [0, 0.05) is 58.1 Å². The molecule has 6 nitrogen and oxygen atoms in total. The summed E-state index contributed by atoms with van der Waals surface area (Å²) in [5.74, 6) is 0.844. The van der Waals surface area contributed by atoms with Crippen molar-refractivity contribution in [3.05, 3.63) is 59.5 Å². The van der Waals surface area contributed by atoms with Gasteiger partial charge in [0.25, 0.3) is 0 Å². The summed E-state index contributed by atoms with van der Waals surface area (Å²) < 4.78 is 54.3. The lowest BCUT2D eigenvalue weighted by Crippen LogP contribution is -2.33. The molecule has 0 unspecified atom stereocenters. The third kappa shape index (κ3) is 5.05. The number of nitrogens with zero attached hydrogens (tertiary/aromatic N) is 6. The zero-order valence-corrected chi connectivity index (χ0v) is 19.3. The van der Waals surface area contributed by atoms with E-state index in [0.29, 0.717) is 55.6 Å². The molecule has 4 rings (SSSR count). The summed E-state index contributed by atoms with van der Waals surface area (Å²) in [7, 11) is 3.67. The first-order chi connectivity index (χ1) is 16.1. The molecule has 0 radical (unpaired) electrons. The Balaban J connectivity index is 1.63. The standard InChI is InChI=1S/C24H26F4N6/c1-16-14-17(7-8-19(16)25)20-15-21(31-23(30-20)32(2)3)33-10-5-11-34(13-12-33)22-18(24(26,27)28)6-4-9-29-22/h4,6-9,14-15H,5,10-13H2,1-3H3. The van der Waals surface area contributed by atoms with Crippen molar-refractivity contribution in [3.63, 3.8) is 0 Å². The topological polar surface area (TPSA) is 48.4 Å². The van der Waals surface area contributed by atoms with Crippen molar-refractivity contribution in [2.75, 3.05) is 55.0 Å². The van der Waals surface area contributed by atoms with E-state index in [4.69, 9.17) is 0 Å². The van der Waals surface area contributed by atoms with Crippen LogP contribution in [0.1, 0.15) is 17.5 Å². The molecule has 3 aromatic rings. The fourth-order valence-electron chi connectivity index (χ4n) is 3.96. The molecular weight excluding hydrogens is 448 g/mol. The Kier molecular flexibility index (Phi) is 6.58. The van der Waals surface area contributed by atoms with Gasteiger partial charge in [-0.25, -0.2) is 14.4 Å². The van der Waals surface area contributed by atoms with Crippen molar-refractivity contribution >= 4 is 17.6 Å². The van der Waals surface area contributed by atoms with Gasteiger partial charge >= 0.3 is 6.18 Å². The van der Waals surface area contributed by atoms with Crippen LogP contribution in [0.4, 0.5) is 35.1 Å². The molecule has 0 aliphatic carbocycles. The fourth-order valence-corrected chi connectivity index (χ4v) is 3.96. The molecule has 1 aliphatic rings. The maximum atomic E-state index is 13.8. The van der Waals surface area contributed by atoms with Gasteiger partial charge in [0.1, 0.15) is 17.5 Å². The van der Waals surface area contributed by atoms with Crippen LogP contribution in [0.3, 0.4) is 0 Å². The molecule has 2 aromatic heterocycles. The Morgan fingerprint density at radius 1 is 0.941 bits per heavy atom. The molecule has 0 N–H and O–H groups in total. The highest BCUT2D eigenvalue weighted by Gasteiger charge is 2.36. The van der Waals surface area contributed by atoms with Gasteiger partial charge in [-0.05, 0) is 49.2 Å². The summed E-state index contributed by atoms with van der Waals surface area (Å²) in [5.41, 5.74) is 1.21. The SMILES string of the molecule is Cc1cc(-c2cc(N3CCCN(c4ncccc4C(F)(F)F)CC3)nc(N(C)C)n2)ccc1F. The van der Waals surface area contributed by atoms with Gasteiger partial charge in [-0.15, -0.1) is 0 Å². The second-order valence-corrected chi connectivity index (χ2v) is 8.47. The highest BCUT2D eigenvalue weighted by Crippen LogP contribution is 2.35. The lowest BCUT2D eigenvalue weighted by atomic mass is 10.1. The molecule has 34 heavy (non-hydrogen) atoms. The van der Waals surface area contributed by atoms with Gasteiger partial charge in [-0.3, -0.25) is 0 Å². The van der Waals surface area contributed by atoms with E-state index < -0.39 is 11.7 Å². The molecule has 1 fully saturated rings. The number of hydrogen-bond acceptors (Lipinski definition) is 6. The van der Waals surface area contributed by atoms with E-state index in [1.807, 2.05) is 25.1 Å². The predicted octanol–water partition coefficient (Wildman–Crippen LogP) is 4.79. The minimum absolute atomic E-state index is 0.0454. The smallest absolute Gasteiger partial charge is 0.355 e. The first-order valence-electron chi connectivity index (χ1n) is 11.0. The van der Waals surface area contributed by atoms with E-state index in [2.05, 4.69) is 15.0 Å². The van der Waals surface area contributed by atoms with Gasteiger partial charge in [-0.1, -0.05) is 0 Å². The highest BCUT2D eigenvalue weighted by atomic mass is 19.4. The fraction of sp³-hybridized carbons (Fsp3) is 0.375. The molecule has 10 heteroatoms. The zero-order valence-electron chi connectivity index (χ0n) is 19.3. The zero-order chi connectivity index (χ0) is 24.5. The molecule has 0 spiro atoms. The third-order valence-electron chi connectivity index (χ3n) is 5.77. The van der Waals surface area contributed by atoms with Crippen LogP contribution in [-0.4, -0.2) is 55.2 Å². The average molecular weight is 475 g/mol. The molecule has 1 aliphatic heterocycles. The van der Waals surface area contributed by atoms with Crippen molar-refractivity contribution in [1.29, 1.82) is 0 Å². The van der Waals surface area contributed by atoms with Crippen LogP contribution in [0.25, 0.3) is 11.3 Å². The number of hydrogen-bond donors (Lipinski definition) is 0. The monoisotopic (exact) mass is 474 g/mol. The van der Waals surface area contributed by atoms with Gasteiger partial charge in [0.05, 0.1) is 11.3 Å². The van der Waals surface area contributed by atoms with E-state index in [1.54, 1.807) is 28.9 Å². The van der Waals surface area contributed by atoms with Crippen molar-refractivity contribution < 1.29 is 17.6 Å². The molecule has 1 saturated heterocycles. The molecule has 0 amide bonds. The largest absolute Gasteiger partial charge is 0.419 e. The lowest BCUT2D eigenvalue weighted by molar-refractivity contribution is -0.137. The van der Waals surface area contributed by atoms with Crippen LogP contribution in [0, 0.1) is 12.7 Å². The molecule has 0 saturated carbocycles. The van der Waals surface area contributed by atoms with Crippen molar-refractivity contribution in [2.24, 2.45) is 0 Å². The minimum Gasteiger partial charge on any atom is -0.355 e. The van der Waals surface area contributed by atoms with Crippen LogP contribution in [0.15, 0.2) is 42.6 Å². The number of halogens is 4. The highest BCUT2D eigenvalue weighted by molar-refractivity contribution is 5.66. The molecule has 1 aromatic carbocycles. The van der Waals surface area contributed by atoms with Crippen LogP contribution < -0.4 is 14.7 Å². The van der Waals surface area contributed by atoms with Gasteiger partial charge in [0.15, 0.2) is 0 Å². The molecule has 0 bridgehead atoms. The minimum atomic E-state index is -4.47. The van der Waals surface area contributed by atoms with E-state index >= 15 is 0 Å². The number of benzene rings is 1. The van der Waals surface area contributed by atoms with Crippen molar-refractivity contribution in [1.82, 2.24) is 15.0 Å². The first-order valence-corrected chi connectivity index (χ1v) is 11.0. The normalized spacial score (nSPS) is 14.8. The summed E-state index contributed by atoms with van der Waals surface area (Å²) >= 11 is 0. The number of alkyl halides is 3. The van der Waals surface area contributed by atoms with Crippen LogP contribution >= 0.6 is 0 Å². The number of anilines is 3. The maximum absolute atomic E-state index is 13.8. The van der Waals surface area contributed by atoms with E-state index in [1.165, 1.54) is 18.3 Å². The molecular formula is C24H26F4N6. The Bertz CT molecular complexity index is 1160. The Morgan fingerprint density at radius 2 is 1.68 bits per heavy atom. The molecule has 0 atom stereocenters. The van der Waals surface area contributed by atoms with Gasteiger partial charge in [0.2, 0.25) is 5.95 Å². The van der Waals surface area contributed by atoms with Crippen LogP contribution in [-0.2, 0) is 6.18 Å². The Labute approximate surface area is 195 Å². The predicted molar refractivity (Wildman–Crippen MR) is 125 cm³/mol. The van der Waals surface area contributed by atoms with E-state index in [0.717, 1.165) is 11.6 Å². The number of aryl methyl sites for hydroxylation is 1. The second-order valence-electron chi connectivity index (χ2n) is 8.47. The summed E-state index contributed by atoms with van der Waals surface area (Å²) in [6.45, 7) is 3.61. The third-order valence-corrected chi connectivity index (χ3v) is 5.77. The Morgan fingerprint density at radius 3 is 2.38 bits per heavy atom. The summed E-state index contributed by atoms with van der Waals surface area (Å²) in [4.78, 5) is 18.8. The number of rotatable bonds is 4. The van der Waals surface area contributed by atoms with Crippen molar-refractivity contribution in [3.8, 4) is 11.3 Å². The number of aromatic nitrogens is 3. The van der Waals surface area contributed by atoms with Crippen LogP contribution in [0.2, 0.25) is 0 Å².